The van der Waals surface area contributed by atoms with E-state index in [4.69, 9.17) is 4.74 Å². The zero-order valence-corrected chi connectivity index (χ0v) is 15.7. The van der Waals surface area contributed by atoms with Crippen molar-refractivity contribution < 1.29 is 14.3 Å². The lowest BCUT2D eigenvalue weighted by Gasteiger charge is -2.28. The molecule has 1 atom stereocenters. The van der Waals surface area contributed by atoms with E-state index >= 15 is 0 Å². The van der Waals surface area contributed by atoms with Crippen LogP contribution in [0.15, 0.2) is 35.5 Å². The molecule has 1 fully saturated rings. The summed E-state index contributed by atoms with van der Waals surface area (Å²) in [4.78, 5) is 29.5. The molecule has 1 saturated heterocycles. The summed E-state index contributed by atoms with van der Waals surface area (Å²) in [6, 6.07) is 6.78. The summed E-state index contributed by atoms with van der Waals surface area (Å²) in [6.07, 6.45) is 3.77. The molecule has 1 aromatic carbocycles. The predicted molar refractivity (Wildman–Crippen MR) is 101 cm³/mol. The summed E-state index contributed by atoms with van der Waals surface area (Å²) < 4.78 is 5.29. The fraction of sp³-hybridized carbons (Fsp3) is 0.500. The second-order valence-electron chi connectivity index (χ2n) is 7.33. The van der Waals surface area contributed by atoms with Crippen molar-refractivity contribution >= 4 is 11.9 Å². The van der Waals surface area contributed by atoms with Gasteiger partial charge in [0.1, 0.15) is 5.75 Å². The molecule has 3 aliphatic rings. The predicted octanol–water partition coefficient (Wildman–Crippen LogP) is 1.63. The van der Waals surface area contributed by atoms with Crippen LogP contribution in [-0.2, 0) is 4.79 Å². The van der Waals surface area contributed by atoms with E-state index in [0.29, 0.717) is 24.4 Å². The van der Waals surface area contributed by atoms with Gasteiger partial charge in [-0.2, -0.15) is 0 Å². The number of amides is 3. The van der Waals surface area contributed by atoms with Crippen LogP contribution in [0.3, 0.4) is 0 Å². The van der Waals surface area contributed by atoms with Gasteiger partial charge in [-0.3, -0.25) is 4.79 Å². The average molecular weight is 370 g/mol. The molecule has 27 heavy (non-hydrogen) atoms. The standard InChI is InChI=1S/C20H26N4O3/c1-27-15-7-5-6-14(12-15)18-17-16(21-20(26)22-18)13-24(19(17)25)11-10-23-8-3-2-4-9-23/h5-7,12,18H,2-4,8-11,13H2,1H3,(H2,21,22,26). The number of nitrogens with one attached hydrogen (secondary N) is 2. The summed E-state index contributed by atoms with van der Waals surface area (Å²) >= 11 is 0. The first-order valence-corrected chi connectivity index (χ1v) is 9.62. The zero-order chi connectivity index (χ0) is 18.8. The summed E-state index contributed by atoms with van der Waals surface area (Å²) in [5.41, 5.74) is 2.21. The van der Waals surface area contributed by atoms with Crippen LogP contribution < -0.4 is 15.4 Å². The first-order valence-electron chi connectivity index (χ1n) is 9.62. The fourth-order valence-electron chi connectivity index (χ4n) is 4.13. The third kappa shape index (κ3) is 3.64. The van der Waals surface area contributed by atoms with Crippen LogP contribution >= 0.6 is 0 Å². The van der Waals surface area contributed by atoms with E-state index in [1.54, 1.807) is 7.11 Å². The first-order chi connectivity index (χ1) is 13.2. The molecule has 0 aromatic heterocycles. The number of urea groups is 1. The van der Waals surface area contributed by atoms with Crippen molar-refractivity contribution in [2.75, 3.05) is 39.8 Å². The van der Waals surface area contributed by atoms with Crippen LogP contribution in [0.1, 0.15) is 30.9 Å². The normalized spacial score (nSPS) is 23.1. The topological polar surface area (TPSA) is 73.9 Å². The number of hydrogen-bond donors (Lipinski definition) is 2. The molecule has 3 aliphatic heterocycles. The largest absolute Gasteiger partial charge is 0.497 e. The van der Waals surface area contributed by atoms with Crippen molar-refractivity contribution in [3.63, 3.8) is 0 Å². The number of rotatable bonds is 5. The molecule has 0 bridgehead atoms. The number of likely N-dealkylation sites (tertiary alicyclic amines) is 1. The molecule has 4 rings (SSSR count). The van der Waals surface area contributed by atoms with Gasteiger partial charge < -0.3 is 25.2 Å². The number of carbonyl (C=O) groups is 2. The van der Waals surface area contributed by atoms with E-state index in [-0.39, 0.29) is 11.9 Å². The highest BCUT2D eigenvalue weighted by Gasteiger charge is 2.40. The third-order valence-electron chi connectivity index (χ3n) is 5.58. The smallest absolute Gasteiger partial charge is 0.319 e. The van der Waals surface area contributed by atoms with Crippen molar-refractivity contribution in [3.05, 3.63) is 41.1 Å². The molecule has 3 amide bonds. The number of methoxy groups -OCH3 is 1. The van der Waals surface area contributed by atoms with Crippen molar-refractivity contribution in [1.29, 1.82) is 0 Å². The summed E-state index contributed by atoms with van der Waals surface area (Å²) in [7, 11) is 1.61. The van der Waals surface area contributed by atoms with Crippen LogP contribution in [0, 0.1) is 0 Å². The molecule has 144 valence electrons. The molecule has 1 aromatic rings. The Labute approximate surface area is 159 Å². The quantitative estimate of drug-likeness (QED) is 0.826. The third-order valence-corrected chi connectivity index (χ3v) is 5.58. The van der Waals surface area contributed by atoms with Crippen LogP contribution in [-0.4, -0.2) is 61.6 Å². The lowest BCUT2D eigenvalue weighted by atomic mass is 9.96. The minimum atomic E-state index is -0.448. The van der Waals surface area contributed by atoms with E-state index < -0.39 is 6.04 Å². The van der Waals surface area contributed by atoms with Gasteiger partial charge in [-0.05, 0) is 43.6 Å². The molecule has 0 saturated carbocycles. The zero-order valence-electron chi connectivity index (χ0n) is 15.7. The second kappa shape index (κ2) is 7.60. The summed E-state index contributed by atoms with van der Waals surface area (Å²) in [6.45, 7) is 4.26. The van der Waals surface area contributed by atoms with Gasteiger partial charge in [-0.15, -0.1) is 0 Å². The van der Waals surface area contributed by atoms with Crippen LogP contribution in [0.5, 0.6) is 5.75 Å². The van der Waals surface area contributed by atoms with E-state index in [9.17, 15) is 9.59 Å². The SMILES string of the molecule is COc1cccc(C2NC(=O)NC3=C2C(=O)N(CCN2CCCCC2)C3)c1. The molecule has 0 spiro atoms. The lowest BCUT2D eigenvalue weighted by Crippen LogP contribution is -2.44. The Kier molecular flexibility index (Phi) is 5.03. The number of hydrogen-bond acceptors (Lipinski definition) is 4. The fourth-order valence-corrected chi connectivity index (χ4v) is 4.13. The van der Waals surface area contributed by atoms with Crippen molar-refractivity contribution in [2.45, 2.75) is 25.3 Å². The Morgan fingerprint density at radius 2 is 1.96 bits per heavy atom. The Balaban J connectivity index is 1.51. The highest BCUT2D eigenvalue weighted by molar-refractivity contribution is 6.01. The number of benzene rings is 1. The first kappa shape index (κ1) is 17.9. The summed E-state index contributed by atoms with van der Waals surface area (Å²) in [5, 5.41) is 5.72. The molecule has 7 nitrogen and oxygen atoms in total. The number of ether oxygens (including phenoxy) is 1. The van der Waals surface area contributed by atoms with E-state index in [2.05, 4.69) is 15.5 Å². The van der Waals surface area contributed by atoms with E-state index in [1.165, 1.54) is 19.3 Å². The van der Waals surface area contributed by atoms with Gasteiger partial charge in [0.05, 0.1) is 31.0 Å². The maximum Gasteiger partial charge on any atom is 0.319 e. The molecule has 3 heterocycles. The van der Waals surface area contributed by atoms with Gasteiger partial charge in [0.2, 0.25) is 0 Å². The molecule has 0 aliphatic carbocycles. The van der Waals surface area contributed by atoms with Crippen molar-refractivity contribution in [1.82, 2.24) is 20.4 Å². The van der Waals surface area contributed by atoms with Gasteiger partial charge in [-0.1, -0.05) is 18.6 Å². The Hall–Kier alpha value is -2.54. The monoisotopic (exact) mass is 370 g/mol. The maximum atomic E-state index is 13.1. The van der Waals surface area contributed by atoms with E-state index in [0.717, 1.165) is 30.9 Å². The number of piperidine rings is 1. The average Bonchev–Trinajstić information content (AvgIpc) is 3.02. The van der Waals surface area contributed by atoms with Crippen LogP contribution in [0.4, 0.5) is 4.79 Å². The minimum Gasteiger partial charge on any atom is -0.497 e. The second-order valence-corrected chi connectivity index (χ2v) is 7.33. The lowest BCUT2D eigenvalue weighted by molar-refractivity contribution is -0.126. The molecule has 0 radical (unpaired) electrons. The molecule has 7 heteroatoms. The highest BCUT2D eigenvalue weighted by Crippen LogP contribution is 2.33. The van der Waals surface area contributed by atoms with Gasteiger partial charge in [0.25, 0.3) is 5.91 Å². The van der Waals surface area contributed by atoms with Crippen molar-refractivity contribution in [2.24, 2.45) is 0 Å². The summed E-state index contributed by atoms with van der Waals surface area (Å²) in [5.74, 6) is 0.706. The number of carbonyl (C=O) groups excluding carboxylic acids is 2. The number of nitrogens with zero attached hydrogens (tertiary/aromatic N) is 2. The maximum absolute atomic E-state index is 13.1. The Morgan fingerprint density at radius 1 is 1.15 bits per heavy atom. The van der Waals surface area contributed by atoms with Gasteiger partial charge in [0.15, 0.2) is 0 Å². The van der Waals surface area contributed by atoms with Gasteiger partial charge >= 0.3 is 6.03 Å². The Bertz CT molecular complexity index is 770. The van der Waals surface area contributed by atoms with Crippen LogP contribution in [0.25, 0.3) is 0 Å². The molecule has 1 unspecified atom stereocenters. The van der Waals surface area contributed by atoms with E-state index in [1.807, 2.05) is 29.2 Å². The highest BCUT2D eigenvalue weighted by atomic mass is 16.5. The molecular weight excluding hydrogens is 344 g/mol. The molecule has 2 N–H and O–H groups in total. The van der Waals surface area contributed by atoms with Gasteiger partial charge in [0, 0.05) is 13.1 Å². The van der Waals surface area contributed by atoms with Crippen LogP contribution in [0.2, 0.25) is 0 Å². The Morgan fingerprint density at radius 3 is 2.74 bits per heavy atom. The van der Waals surface area contributed by atoms with Gasteiger partial charge in [-0.25, -0.2) is 4.79 Å². The minimum absolute atomic E-state index is 0.00216. The van der Waals surface area contributed by atoms with Crippen molar-refractivity contribution in [3.8, 4) is 5.75 Å². The molecular formula is C20H26N4O3.